The summed E-state index contributed by atoms with van der Waals surface area (Å²) in [7, 11) is 0. The molecule has 0 amide bonds. The first-order chi connectivity index (χ1) is 7.05. The number of carboxylic acid groups (broad SMARTS) is 1. The molecule has 1 unspecified atom stereocenters. The van der Waals surface area contributed by atoms with Crippen molar-refractivity contribution in [2.24, 2.45) is 5.92 Å². The van der Waals surface area contributed by atoms with Crippen LogP contribution in [-0.4, -0.2) is 11.1 Å². The summed E-state index contributed by atoms with van der Waals surface area (Å²) < 4.78 is 26.9. The molecular formula is C11H10F2O2. The van der Waals surface area contributed by atoms with Crippen molar-refractivity contribution in [3.05, 3.63) is 35.6 Å². The lowest BCUT2D eigenvalue weighted by molar-refractivity contribution is -0.153. The number of rotatable bonds is 3. The Kier molecular flexibility index (Phi) is 2.21. The van der Waals surface area contributed by atoms with Crippen LogP contribution in [0.25, 0.3) is 0 Å². The van der Waals surface area contributed by atoms with Crippen LogP contribution in [0.2, 0.25) is 0 Å². The number of aliphatic carboxylic acids is 1. The molecule has 1 N–H and O–H groups in total. The second-order valence-electron chi connectivity index (χ2n) is 3.80. The SMILES string of the molecule is O=C(O)C(F)(c1ccc(F)cc1)C1CC1. The molecule has 0 aromatic heterocycles. The average molecular weight is 212 g/mol. The molecule has 4 heteroatoms. The third kappa shape index (κ3) is 1.60. The monoisotopic (exact) mass is 212 g/mol. The Balaban J connectivity index is 2.40. The van der Waals surface area contributed by atoms with Gasteiger partial charge in [-0.2, -0.15) is 0 Å². The number of hydrogen-bond donors (Lipinski definition) is 1. The molecule has 0 radical (unpaired) electrons. The second kappa shape index (κ2) is 3.29. The summed E-state index contributed by atoms with van der Waals surface area (Å²) in [6.07, 6.45) is 1.14. The van der Waals surface area contributed by atoms with Crippen LogP contribution in [0.3, 0.4) is 0 Å². The Labute approximate surface area is 85.5 Å². The predicted molar refractivity (Wildman–Crippen MR) is 49.5 cm³/mol. The van der Waals surface area contributed by atoms with E-state index in [-0.39, 0.29) is 5.56 Å². The summed E-state index contributed by atoms with van der Waals surface area (Å²) in [6.45, 7) is 0. The van der Waals surface area contributed by atoms with Gasteiger partial charge in [-0.05, 0) is 25.0 Å². The van der Waals surface area contributed by atoms with Crippen molar-refractivity contribution in [3.63, 3.8) is 0 Å². The fraction of sp³-hybridized carbons (Fsp3) is 0.364. The van der Waals surface area contributed by atoms with Gasteiger partial charge in [-0.15, -0.1) is 0 Å². The molecule has 1 atom stereocenters. The molecule has 0 aliphatic heterocycles. The average Bonchev–Trinajstić information content (AvgIpc) is 3.00. The highest BCUT2D eigenvalue weighted by Gasteiger charge is 2.53. The summed E-state index contributed by atoms with van der Waals surface area (Å²) in [5, 5.41) is 8.90. The van der Waals surface area contributed by atoms with Gasteiger partial charge in [0.05, 0.1) is 0 Å². The van der Waals surface area contributed by atoms with Gasteiger partial charge in [-0.1, -0.05) is 12.1 Å². The largest absolute Gasteiger partial charge is 0.479 e. The number of hydrogen-bond acceptors (Lipinski definition) is 1. The summed E-state index contributed by atoms with van der Waals surface area (Å²) in [5.41, 5.74) is -2.33. The first kappa shape index (κ1) is 10.1. The Hall–Kier alpha value is -1.45. The van der Waals surface area contributed by atoms with Crippen molar-refractivity contribution in [1.29, 1.82) is 0 Å². The van der Waals surface area contributed by atoms with E-state index in [2.05, 4.69) is 0 Å². The molecule has 80 valence electrons. The van der Waals surface area contributed by atoms with E-state index in [0.717, 1.165) is 12.1 Å². The maximum Gasteiger partial charge on any atom is 0.346 e. The van der Waals surface area contributed by atoms with Crippen LogP contribution in [0, 0.1) is 11.7 Å². The summed E-state index contributed by atoms with van der Waals surface area (Å²) in [5.74, 6) is -2.46. The lowest BCUT2D eigenvalue weighted by Gasteiger charge is -2.20. The minimum absolute atomic E-state index is 0.0268. The highest BCUT2D eigenvalue weighted by Crippen LogP contribution is 2.48. The molecule has 1 fully saturated rings. The van der Waals surface area contributed by atoms with E-state index in [1.165, 1.54) is 12.1 Å². The summed E-state index contributed by atoms with van der Waals surface area (Å²) in [4.78, 5) is 10.9. The quantitative estimate of drug-likeness (QED) is 0.835. The van der Waals surface area contributed by atoms with Gasteiger partial charge in [0.2, 0.25) is 5.67 Å². The van der Waals surface area contributed by atoms with E-state index in [1.54, 1.807) is 0 Å². The molecule has 15 heavy (non-hydrogen) atoms. The highest BCUT2D eigenvalue weighted by atomic mass is 19.1. The molecule has 1 aromatic rings. The van der Waals surface area contributed by atoms with Crippen molar-refractivity contribution in [1.82, 2.24) is 0 Å². The molecule has 2 nitrogen and oxygen atoms in total. The van der Waals surface area contributed by atoms with Gasteiger partial charge in [0.15, 0.2) is 0 Å². The van der Waals surface area contributed by atoms with Crippen LogP contribution >= 0.6 is 0 Å². The van der Waals surface area contributed by atoms with Gasteiger partial charge >= 0.3 is 5.97 Å². The zero-order valence-electron chi connectivity index (χ0n) is 7.91. The number of halogens is 2. The molecule has 1 aliphatic carbocycles. The normalized spacial score (nSPS) is 19.6. The molecule has 0 heterocycles. The second-order valence-corrected chi connectivity index (χ2v) is 3.80. The van der Waals surface area contributed by atoms with Crippen LogP contribution < -0.4 is 0 Å². The van der Waals surface area contributed by atoms with Crippen LogP contribution in [0.1, 0.15) is 18.4 Å². The van der Waals surface area contributed by atoms with E-state index in [0.29, 0.717) is 12.8 Å². The standard InChI is InChI=1S/C11H10F2O2/c12-9-5-3-8(4-6-9)11(13,10(14)15)7-1-2-7/h3-7H,1-2H2,(H,14,15). The fourth-order valence-electron chi connectivity index (χ4n) is 1.71. The third-order valence-corrected chi connectivity index (χ3v) is 2.72. The third-order valence-electron chi connectivity index (χ3n) is 2.72. The van der Waals surface area contributed by atoms with E-state index in [4.69, 9.17) is 5.11 Å². The van der Waals surface area contributed by atoms with Crippen molar-refractivity contribution < 1.29 is 18.7 Å². The Morgan fingerprint density at radius 2 is 1.87 bits per heavy atom. The minimum Gasteiger partial charge on any atom is -0.479 e. The molecule has 1 aromatic carbocycles. The molecule has 0 spiro atoms. The predicted octanol–water partition coefficient (Wildman–Crippen LogP) is 2.49. The van der Waals surface area contributed by atoms with Crippen molar-refractivity contribution in [2.75, 3.05) is 0 Å². The van der Waals surface area contributed by atoms with Crippen LogP contribution in [0.15, 0.2) is 24.3 Å². The van der Waals surface area contributed by atoms with E-state index >= 15 is 0 Å². The lowest BCUT2D eigenvalue weighted by atomic mass is 9.91. The maximum absolute atomic E-state index is 14.2. The molecule has 0 bridgehead atoms. The van der Waals surface area contributed by atoms with Gasteiger partial charge in [0, 0.05) is 11.5 Å². The Bertz CT molecular complexity index is 384. The van der Waals surface area contributed by atoms with Crippen molar-refractivity contribution in [3.8, 4) is 0 Å². The van der Waals surface area contributed by atoms with Crippen LogP contribution in [0.5, 0.6) is 0 Å². The van der Waals surface area contributed by atoms with Gasteiger partial charge in [-0.3, -0.25) is 0 Å². The fourth-order valence-corrected chi connectivity index (χ4v) is 1.71. The van der Waals surface area contributed by atoms with Crippen molar-refractivity contribution >= 4 is 5.97 Å². The zero-order chi connectivity index (χ0) is 11.1. The molecular weight excluding hydrogens is 202 g/mol. The topological polar surface area (TPSA) is 37.3 Å². The number of benzene rings is 1. The number of carboxylic acids is 1. The Morgan fingerprint density at radius 3 is 2.27 bits per heavy atom. The van der Waals surface area contributed by atoms with E-state index < -0.39 is 23.4 Å². The van der Waals surface area contributed by atoms with Gasteiger partial charge in [0.25, 0.3) is 0 Å². The first-order valence-electron chi connectivity index (χ1n) is 4.73. The summed E-state index contributed by atoms with van der Waals surface area (Å²) >= 11 is 0. The zero-order valence-corrected chi connectivity index (χ0v) is 7.91. The lowest BCUT2D eigenvalue weighted by Crippen LogP contribution is -2.33. The molecule has 0 saturated heterocycles. The van der Waals surface area contributed by atoms with Crippen LogP contribution in [0.4, 0.5) is 8.78 Å². The minimum atomic E-state index is -2.35. The maximum atomic E-state index is 14.2. The molecule has 2 rings (SSSR count). The molecule has 1 aliphatic rings. The van der Waals surface area contributed by atoms with E-state index in [9.17, 15) is 13.6 Å². The van der Waals surface area contributed by atoms with E-state index in [1.807, 2.05) is 0 Å². The van der Waals surface area contributed by atoms with Crippen molar-refractivity contribution in [2.45, 2.75) is 18.5 Å². The highest BCUT2D eigenvalue weighted by molar-refractivity contribution is 5.80. The first-order valence-corrected chi connectivity index (χ1v) is 4.73. The summed E-state index contributed by atoms with van der Waals surface area (Å²) in [6, 6.07) is 4.55. The molecule has 1 saturated carbocycles. The number of alkyl halides is 1. The van der Waals surface area contributed by atoms with Gasteiger partial charge in [-0.25, -0.2) is 13.6 Å². The smallest absolute Gasteiger partial charge is 0.346 e. The Morgan fingerprint density at radius 1 is 1.33 bits per heavy atom. The van der Waals surface area contributed by atoms with Crippen LogP contribution in [-0.2, 0) is 10.5 Å². The van der Waals surface area contributed by atoms with Gasteiger partial charge in [0.1, 0.15) is 5.82 Å². The number of carbonyl (C=O) groups is 1. The van der Waals surface area contributed by atoms with Gasteiger partial charge < -0.3 is 5.11 Å².